The number of ketones is 1. The monoisotopic (exact) mass is 540 g/mol. The highest BCUT2D eigenvalue weighted by molar-refractivity contribution is 7.17. The van der Waals surface area contributed by atoms with Crippen LogP contribution in [0.25, 0.3) is 21.3 Å². The van der Waals surface area contributed by atoms with Crippen LogP contribution in [0, 0.1) is 5.82 Å². The number of methoxy groups -OCH3 is 2. The Bertz CT molecular complexity index is 1470. The number of hydrogen-bond acceptors (Lipinski definition) is 9. The van der Waals surface area contributed by atoms with Crippen molar-refractivity contribution in [2.45, 2.75) is 6.04 Å². The molecule has 198 valence electrons. The van der Waals surface area contributed by atoms with Crippen LogP contribution in [0.3, 0.4) is 0 Å². The van der Waals surface area contributed by atoms with E-state index >= 15 is 0 Å². The zero-order valence-electron chi connectivity index (χ0n) is 20.6. The molecule has 0 saturated heterocycles. The lowest BCUT2D eigenvalue weighted by Gasteiger charge is -2.17. The number of amides is 1. The third-order valence-corrected chi connectivity index (χ3v) is 6.72. The second-order valence-corrected chi connectivity index (χ2v) is 8.90. The zero-order valence-corrected chi connectivity index (χ0v) is 21.4. The van der Waals surface area contributed by atoms with Gasteiger partial charge in [0.25, 0.3) is 5.91 Å². The minimum Gasteiger partial charge on any atom is -0.494 e. The fourth-order valence-electron chi connectivity index (χ4n) is 3.84. The normalized spacial score (nSPS) is 11.7. The van der Waals surface area contributed by atoms with E-state index in [0.717, 1.165) is 0 Å². The van der Waals surface area contributed by atoms with E-state index < -0.39 is 24.3 Å². The van der Waals surface area contributed by atoms with Crippen LogP contribution < -0.4 is 19.5 Å². The number of aliphatic hydroxyl groups is 2. The third kappa shape index (κ3) is 5.44. The highest BCUT2D eigenvalue weighted by Crippen LogP contribution is 2.38. The number of Topliss-reactive ketones (excluding diaryl/α,β-unsaturated/α-hetero) is 1. The van der Waals surface area contributed by atoms with Crippen LogP contribution in [0.4, 0.5) is 4.39 Å². The minimum atomic E-state index is -1.29. The number of ether oxygens (including phenoxy) is 3. The van der Waals surface area contributed by atoms with Gasteiger partial charge >= 0.3 is 0 Å². The van der Waals surface area contributed by atoms with Crippen LogP contribution in [0.15, 0.2) is 53.9 Å². The highest BCUT2D eigenvalue weighted by atomic mass is 32.1. The van der Waals surface area contributed by atoms with E-state index in [1.54, 1.807) is 23.6 Å². The van der Waals surface area contributed by atoms with Crippen LogP contribution in [-0.2, 0) is 0 Å². The molecule has 0 aliphatic rings. The van der Waals surface area contributed by atoms with E-state index in [0.29, 0.717) is 32.8 Å². The fraction of sp³-hybridized carbons (Fsp3) is 0.222. The number of nitrogens with zero attached hydrogens (tertiary/aromatic N) is 1. The van der Waals surface area contributed by atoms with Gasteiger partial charge in [0.1, 0.15) is 35.6 Å². The summed E-state index contributed by atoms with van der Waals surface area (Å²) in [6.07, 6.45) is 0. The smallest absolute Gasteiger partial charge is 0.252 e. The van der Waals surface area contributed by atoms with Crippen molar-refractivity contribution in [2.75, 3.05) is 34.0 Å². The van der Waals surface area contributed by atoms with Gasteiger partial charge in [0.2, 0.25) is 5.78 Å². The summed E-state index contributed by atoms with van der Waals surface area (Å²) in [6, 6.07) is 10.8. The maximum absolute atomic E-state index is 14.3. The number of thiophene rings is 1. The van der Waals surface area contributed by atoms with Crippen LogP contribution in [-0.4, -0.2) is 67.0 Å². The molecule has 0 radical (unpaired) electrons. The van der Waals surface area contributed by atoms with Crippen molar-refractivity contribution < 1.29 is 38.4 Å². The summed E-state index contributed by atoms with van der Waals surface area (Å²) < 4.78 is 30.7. The number of fused-ring (bicyclic) bond motifs is 1. The number of carbonyl (C=O) groups excluding carboxylic acids is 2. The minimum absolute atomic E-state index is 0.0127. The molecule has 3 N–H and O–H groups in total. The summed E-state index contributed by atoms with van der Waals surface area (Å²) in [5.74, 6) is -0.631. The van der Waals surface area contributed by atoms with Gasteiger partial charge in [0, 0.05) is 21.9 Å². The Balaban J connectivity index is 1.60. The Hall–Kier alpha value is -4.06. The first-order valence-corrected chi connectivity index (χ1v) is 12.4. The summed E-state index contributed by atoms with van der Waals surface area (Å²) in [6.45, 7) is -0.808. The summed E-state index contributed by atoms with van der Waals surface area (Å²) in [7, 11) is 2.86. The quantitative estimate of drug-likeness (QED) is 0.247. The number of carbonyl (C=O) groups is 2. The standard InChI is InChI=1S/C27H25FN2O7S/c1-35-22-9-7-19(29-24(22)17-14-38-26-16(17)4-3-5-18(26)28)25(33)20(13-32)30-27(34)15-6-8-21(37-11-10-31)23(12-15)36-2/h3-9,12,14,20,31-32H,10-11,13H2,1-2H3,(H,30,34). The lowest BCUT2D eigenvalue weighted by atomic mass is 10.1. The first-order valence-electron chi connectivity index (χ1n) is 11.5. The molecule has 0 spiro atoms. The number of aliphatic hydroxyl groups excluding tert-OH is 2. The van der Waals surface area contributed by atoms with E-state index in [2.05, 4.69) is 10.3 Å². The highest BCUT2D eigenvalue weighted by Gasteiger charge is 2.25. The van der Waals surface area contributed by atoms with Gasteiger partial charge in [0.15, 0.2) is 11.5 Å². The molecule has 0 saturated carbocycles. The second kappa shape index (κ2) is 12.0. The van der Waals surface area contributed by atoms with E-state index in [9.17, 15) is 19.1 Å². The van der Waals surface area contributed by atoms with Crippen LogP contribution in [0.5, 0.6) is 17.2 Å². The van der Waals surface area contributed by atoms with Crippen molar-refractivity contribution >= 4 is 33.1 Å². The molecule has 0 aliphatic heterocycles. The molecule has 11 heteroatoms. The van der Waals surface area contributed by atoms with Gasteiger partial charge in [-0.3, -0.25) is 9.59 Å². The van der Waals surface area contributed by atoms with Crippen molar-refractivity contribution in [2.24, 2.45) is 0 Å². The SMILES string of the molecule is COc1cc(C(=O)NC(CO)C(=O)c2ccc(OC)c(-c3csc4c(F)cccc34)n2)ccc1OCCO. The predicted octanol–water partition coefficient (Wildman–Crippen LogP) is 3.46. The number of hydrogen-bond donors (Lipinski definition) is 3. The Morgan fingerprint density at radius 2 is 1.82 bits per heavy atom. The topological polar surface area (TPSA) is 127 Å². The molecule has 0 fully saturated rings. The number of nitrogens with one attached hydrogen (secondary N) is 1. The van der Waals surface area contributed by atoms with Crippen molar-refractivity contribution in [1.82, 2.24) is 10.3 Å². The van der Waals surface area contributed by atoms with Gasteiger partial charge in [-0.1, -0.05) is 12.1 Å². The van der Waals surface area contributed by atoms with Crippen molar-refractivity contribution in [3.05, 3.63) is 71.0 Å². The Morgan fingerprint density at radius 1 is 1.05 bits per heavy atom. The van der Waals surface area contributed by atoms with E-state index in [4.69, 9.17) is 19.3 Å². The maximum atomic E-state index is 14.3. The van der Waals surface area contributed by atoms with Crippen molar-refractivity contribution in [3.8, 4) is 28.5 Å². The Morgan fingerprint density at radius 3 is 2.53 bits per heavy atom. The first kappa shape index (κ1) is 27.0. The van der Waals surface area contributed by atoms with Gasteiger partial charge in [0.05, 0.1) is 32.1 Å². The summed E-state index contributed by atoms with van der Waals surface area (Å²) in [5, 5.41) is 23.8. The van der Waals surface area contributed by atoms with Gasteiger partial charge in [-0.2, -0.15) is 0 Å². The molecule has 0 aliphatic carbocycles. The van der Waals surface area contributed by atoms with E-state index in [1.807, 2.05) is 0 Å². The lowest BCUT2D eigenvalue weighted by Crippen LogP contribution is -2.43. The summed E-state index contributed by atoms with van der Waals surface area (Å²) in [4.78, 5) is 30.6. The zero-order chi connectivity index (χ0) is 27.2. The van der Waals surface area contributed by atoms with Gasteiger partial charge in [-0.15, -0.1) is 11.3 Å². The summed E-state index contributed by atoms with van der Waals surface area (Å²) >= 11 is 1.21. The van der Waals surface area contributed by atoms with Crippen molar-refractivity contribution in [1.29, 1.82) is 0 Å². The Labute approximate surface area is 221 Å². The average molecular weight is 541 g/mol. The predicted molar refractivity (Wildman–Crippen MR) is 140 cm³/mol. The lowest BCUT2D eigenvalue weighted by molar-refractivity contribution is 0.0810. The molecule has 2 aromatic heterocycles. The molecule has 4 rings (SSSR count). The van der Waals surface area contributed by atoms with Gasteiger partial charge in [-0.05, 0) is 36.4 Å². The first-order chi connectivity index (χ1) is 18.4. The molecule has 38 heavy (non-hydrogen) atoms. The molecule has 4 aromatic rings. The molecule has 9 nitrogen and oxygen atoms in total. The second-order valence-electron chi connectivity index (χ2n) is 8.02. The molecular formula is C27H25FN2O7S. The largest absolute Gasteiger partial charge is 0.494 e. The van der Waals surface area contributed by atoms with Crippen LogP contribution in [0.2, 0.25) is 0 Å². The number of benzene rings is 2. The average Bonchev–Trinajstić information content (AvgIpc) is 3.39. The number of aromatic nitrogens is 1. The van der Waals surface area contributed by atoms with E-state index in [-0.39, 0.29) is 36.0 Å². The molecule has 2 aromatic carbocycles. The maximum Gasteiger partial charge on any atom is 0.252 e. The molecule has 0 bridgehead atoms. The van der Waals surface area contributed by atoms with E-state index in [1.165, 1.54) is 55.9 Å². The van der Waals surface area contributed by atoms with Gasteiger partial charge < -0.3 is 29.7 Å². The molecule has 1 atom stereocenters. The fourth-order valence-corrected chi connectivity index (χ4v) is 4.80. The molecule has 1 unspecified atom stereocenters. The van der Waals surface area contributed by atoms with Gasteiger partial charge in [-0.25, -0.2) is 9.37 Å². The number of halogens is 1. The third-order valence-electron chi connectivity index (χ3n) is 5.72. The van der Waals surface area contributed by atoms with Crippen molar-refractivity contribution in [3.63, 3.8) is 0 Å². The molecule has 1 amide bonds. The Kier molecular flexibility index (Phi) is 8.52. The number of pyridine rings is 1. The molecule has 2 heterocycles. The van der Waals surface area contributed by atoms with Crippen LogP contribution >= 0.6 is 11.3 Å². The summed E-state index contributed by atoms with van der Waals surface area (Å²) in [5.41, 5.74) is 1.08. The number of rotatable bonds is 11. The molecular weight excluding hydrogens is 515 g/mol. The van der Waals surface area contributed by atoms with Crippen LogP contribution in [0.1, 0.15) is 20.8 Å².